The largest absolute Gasteiger partial charge is 0.334 e. The van der Waals surface area contributed by atoms with Crippen molar-refractivity contribution < 1.29 is 4.79 Å². The number of nitrogens with zero attached hydrogens (tertiary/aromatic N) is 3. The summed E-state index contributed by atoms with van der Waals surface area (Å²) in [4.78, 5) is 23.9. The smallest absolute Gasteiger partial charge is 0.294 e. The van der Waals surface area contributed by atoms with Crippen molar-refractivity contribution in [3.8, 4) is 0 Å². The summed E-state index contributed by atoms with van der Waals surface area (Å²) in [5, 5.41) is 10.6. The Morgan fingerprint density at radius 3 is 2.74 bits per heavy atom. The van der Waals surface area contributed by atoms with E-state index in [1.54, 1.807) is 19.1 Å². The van der Waals surface area contributed by atoms with Crippen LogP contribution in [0.3, 0.4) is 0 Å². The molecule has 0 bridgehead atoms. The highest BCUT2D eigenvalue weighted by atomic mass is 35.5. The average Bonchev–Trinajstić information content (AvgIpc) is 2.50. The first-order valence-corrected chi connectivity index (χ1v) is 8.07. The topological polar surface area (TPSA) is 103 Å². The van der Waals surface area contributed by atoms with E-state index in [2.05, 4.69) is 15.5 Å². The first kappa shape index (κ1) is 17.6. The van der Waals surface area contributed by atoms with Crippen molar-refractivity contribution in [2.24, 2.45) is 0 Å². The Kier molecular flexibility index (Phi) is 5.51. The number of rotatable bonds is 4. The van der Waals surface area contributed by atoms with Gasteiger partial charge in [-0.15, -0.1) is 10.2 Å². The minimum absolute atomic E-state index is 0.144. The number of hydrogen-bond acceptors (Lipinski definition) is 6. The van der Waals surface area contributed by atoms with Crippen LogP contribution in [-0.2, 0) is 4.79 Å². The molecule has 1 amide bonds. The molecule has 0 radical (unpaired) electrons. The average molecular weight is 374 g/mol. The quantitative estimate of drug-likeness (QED) is 0.628. The van der Waals surface area contributed by atoms with Crippen LogP contribution in [0.4, 0.5) is 5.69 Å². The molecule has 0 aliphatic heterocycles. The lowest BCUT2D eigenvalue weighted by atomic mass is 10.3. The summed E-state index contributed by atoms with van der Waals surface area (Å²) in [6.45, 7) is 3.15. The van der Waals surface area contributed by atoms with Crippen LogP contribution in [0, 0.1) is 6.92 Å². The highest BCUT2D eigenvalue weighted by molar-refractivity contribution is 8.00. The molecule has 0 saturated carbocycles. The number of amides is 1. The third-order valence-corrected chi connectivity index (χ3v) is 4.46. The lowest BCUT2D eigenvalue weighted by molar-refractivity contribution is -0.115. The molecule has 0 spiro atoms. The maximum absolute atomic E-state index is 12.2. The molecule has 0 fully saturated rings. The Morgan fingerprint density at radius 2 is 2.09 bits per heavy atom. The predicted octanol–water partition coefficient (Wildman–Crippen LogP) is 2.09. The van der Waals surface area contributed by atoms with Gasteiger partial charge in [0.2, 0.25) is 11.1 Å². The standard InChI is InChI=1S/C13H13Cl2N5O2S/c1-6-12(22)20(16)13(19-18-6)23-7(2)11(21)17-10-4-3-8(14)5-9(10)15/h3-5,7H,16H2,1-2H3,(H,17,21)/t7-/m0/s1. The summed E-state index contributed by atoms with van der Waals surface area (Å²) in [5.74, 6) is 5.31. The van der Waals surface area contributed by atoms with Gasteiger partial charge in [0.25, 0.3) is 5.56 Å². The maximum Gasteiger partial charge on any atom is 0.294 e. The zero-order valence-electron chi connectivity index (χ0n) is 12.2. The van der Waals surface area contributed by atoms with Crippen LogP contribution < -0.4 is 16.7 Å². The van der Waals surface area contributed by atoms with E-state index in [0.29, 0.717) is 15.7 Å². The fraction of sp³-hybridized carbons (Fsp3) is 0.231. The molecule has 10 heteroatoms. The molecule has 1 aromatic carbocycles. The van der Waals surface area contributed by atoms with Crippen LogP contribution in [-0.4, -0.2) is 26.0 Å². The van der Waals surface area contributed by atoms with Crippen LogP contribution in [0.25, 0.3) is 0 Å². The van der Waals surface area contributed by atoms with Gasteiger partial charge in [-0.05, 0) is 32.0 Å². The molecular formula is C13H13Cl2N5O2S. The van der Waals surface area contributed by atoms with E-state index in [9.17, 15) is 9.59 Å². The van der Waals surface area contributed by atoms with Crippen LogP contribution in [0.2, 0.25) is 10.0 Å². The molecule has 122 valence electrons. The van der Waals surface area contributed by atoms with Crippen molar-refractivity contribution in [2.75, 3.05) is 11.2 Å². The van der Waals surface area contributed by atoms with Gasteiger partial charge >= 0.3 is 0 Å². The summed E-state index contributed by atoms with van der Waals surface area (Å²) in [6, 6.07) is 4.74. The SMILES string of the molecule is Cc1nnc(S[C@@H](C)C(=O)Nc2ccc(Cl)cc2Cl)n(N)c1=O. The summed E-state index contributed by atoms with van der Waals surface area (Å²) in [6.07, 6.45) is 0. The molecule has 0 saturated heterocycles. The Bertz CT molecular complexity index is 811. The van der Waals surface area contributed by atoms with E-state index in [1.165, 1.54) is 13.0 Å². The highest BCUT2D eigenvalue weighted by Crippen LogP contribution is 2.27. The molecule has 0 unspecified atom stereocenters. The zero-order valence-corrected chi connectivity index (χ0v) is 14.5. The number of nitrogen functional groups attached to an aromatic ring is 1. The van der Waals surface area contributed by atoms with E-state index in [4.69, 9.17) is 29.0 Å². The Balaban J connectivity index is 2.11. The van der Waals surface area contributed by atoms with Crippen molar-refractivity contribution in [3.63, 3.8) is 0 Å². The van der Waals surface area contributed by atoms with Crippen LogP contribution in [0.15, 0.2) is 28.2 Å². The van der Waals surface area contributed by atoms with Gasteiger partial charge in [0, 0.05) is 5.02 Å². The second-order valence-corrected chi connectivity index (χ2v) is 6.77. The van der Waals surface area contributed by atoms with Gasteiger partial charge in [-0.2, -0.15) is 4.68 Å². The van der Waals surface area contributed by atoms with Gasteiger partial charge in [-0.3, -0.25) is 9.59 Å². The molecule has 1 atom stereocenters. The fourth-order valence-corrected chi connectivity index (χ4v) is 2.81. The molecule has 0 aliphatic rings. The molecule has 1 aromatic heterocycles. The van der Waals surface area contributed by atoms with Gasteiger partial charge < -0.3 is 11.2 Å². The lowest BCUT2D eigenvalue weighted by Gasteiger charge is -2.13. The van der Waals surface area contributed by atoms with Crippen LogP contribution in [0.1, 0.15) is 12.6 Å². The Morgan fingerprint density at radius 1 is 1.39 bits per heavy atom. The number of hydrogen-bond donors (Lipinski definition) is 2. The van der Waals surface area contributed by atoms with Crippen molar-refractivity contribution in [3.05, 3.63) is 44.3 Å². The molecule has 23 heavy (non-hydrogen) atoms. The zero-order chi connectivity index (χ0) is 17.1. The number of anilines is 1. The maximum atomic E-state index is 12.2. The normalized spacial score (nSPS) is 12.0. The Hall–Kier alpha value is -1.77. The number of aromatic nitrogens is 3. The first-order chi connectivity index (χ1) is 10.8. The number of halogens is 2. The van der Waals surface area contributed by atoms with E-state index in [1.807, 2.05) is 0 Å². The predicted molar refractivity (Wildman–Crippen MR) is 91.6 cm³/mol. The van der Waals surface area contributed by atoms with Gasteiger partial charge in [-0.25, -0.2) is 0 Å². The second-order valence-electron chi connectivity index (χ2n) is 4.62. The third-order valence-electron chi connectivity index (χ3n) is 2.86. The van der Waals surface area contributed by atoms with E-state index in [0.717, 1.165) is 16.4 Å². The molecule has 3 N–H and O–H groups in total. The molecule has 0 aliphatic carbocycles. The Labute approximate surface area is 146 Å². The summed E-state index contributed by atoms with van der Waals surface area (Å²) < 4.78 is 0.867. The lowest BCUT2D eigenvalue weighted by Crippen LogP contribution is -2.33. The van der Waals surface area contributed by atoms with Crippen LogP contribution in [0.5, 0.6) is 0 Å². The van der Waals surface area contributed by atoms with E-state index >= 15 is 0 Å². The number of aryl methyl sites for hydroxylation is 1. The highest BCUT2D eigenvalue weighted by Gasteiger charge is 2.19. The first-order valence-electron chi connectivity index (χ1n) is 6.43. The molecule has 1 heterocycles. The molecule has 2 aromatic rings. The summed E-state index contributed by atoms with van der Waals surface area (Å²) >= 11 is 12.8. The molecular weight excluding hydrogens is 361 g/mol. The van der Waals surface area contributed by atoms with Crippen LogP contribution >= 0.6 is 35.0 Å². The molecule has 2 rings (SSSR count). The van der Waals surface area contributed by atoms with E-state index in [-0.39, 0.29) is 16.8 Å². The van der Waals surface area contributed by atoms with Crippen molar-refractivity contribution in [1.82, 2.24) is 14.9 Å². The van der Waals surface area contributed by atoms with Crippen molar-refractivity contribution in [2.45, 2.75) is 24.3 Å². The number of benzene rings is 1. The monoisotopic (exact) mass is 373 g/mol. The van der Waals surface area contributed by atoms with Gasteiger partial charge in [0.05, 0.1) is 16.0 Å². The number of carbonyl (C=O) groups excluding carboxylic acids is 1. The number of nitrogens with one attached hydrogen (secondary N) is 1. The number of carbonyl (C=O) groups is 1. The fourth-order valence-electron chi connectivity index (χ4n) is 1.59. The minimum atomic E-state index is -0.576. The number of thioether (sulfide) groups is 1. The minimum Gasteiger partial charge on any atom is -0.334 e. The van der Waals surface area contributed by atoms with Gasteiger partial charge in [0.15, 0.2) is 0 Å². The number of nitrogens with two attached hydrogens (primary N) is 1. The third kappa shape index (κ3) is 4.15. The summed E-state index contributed by atoms with van der Waals surface area (Å²) in [7, 11) is 0. The molecule has 7 nitrogen and oxygen atoms in total. The van der Waals surface area contributed by atoms with Gasteiger partial charge in [0.1, 0.15) is 5.69 Å². The van der Waals surface area contributed by atoms with Crippen molar-refractivity contribution in [1.29, 1.82) is 0 Å². The van der Waals surface area contributed by atoms with Gasteiger partial charge in [-0.1, -0.05) is 35.0 Å². The van der Waals surface area contributed by atoms with E-state index < -0.39 is 10.8 Å². The summed E-state index contributed by atoms with van der Waals surface area (Å²) in [5.41, 5.74) is 0.159. The second kappa shape index (κ2) is 7.20. The van der Waals surface area contributed by atoms with Crippen molar-refractivity contribution >= 4 is 46.6 Å².